The third-order valence-corrected chi connectivity index (χ3v) is 3.46. The Bertz CT molecular complexity index is 501. The molecule has 0 aromatic heterocycles. The van der Waals surface area contributed by atoms with E-state index in [-0.39, 0.29) is 17.5 Å². The molecule has 0 bridgehead atoms. The highest BCUT2D eigenvalue weighted by atomic mass is 16.2. The quantitative estimate of drug-likeness (QED) is 0.577. The van der Waals surface area contributed by atoms with Crippen LogP contribution in [0.5, 0.6) is 0 Å². The second-order valence-corrected chi connectivity index (χ2v) is 4.37. The summed E-state index contributed by atoms with van der Waals surface area (Å²) < 4.78 is 0. The van der Waals surface area contributed by atoms with E-state index in [0.717, 1.165) is 24.0 Å². The Balaban J connectivity index is 2.20. The molecule has 0 aromatic rings. The fourth-order valence-corrected chi connectivity index (χ4v) is 2.66. The van der Waals surface area contributed by atoms with Crippen LogP contribution in [-0.2, 0) is 9.59 Å². The Morgan fingerprint density at radius 1 is 1.19 bits per heavy atom. The summed E-state index contributed by atoms with van der Waals surface area (Å²) in [5.74, 6) is -0.730. The van der Waals surface area contributed by atoms with Gasteiger partial charge in [0.1, 0.15) is 0 Å². The number of rotatable bonds is 0. The Morgan fingerprint density at radius 2 is 2.06 bits per heavy atom. The lowest BCUT2D eigenvalue weighted by Gasteiger charge is -2.29. The number of allylic oxidation sites excluding steroid dienone is 8. The van der Waals surface area contributed by atoms with E-state index in [0.29, 0.717) is 12.0 Å². The molecule has 3 rings (SSSR count). The average Bonchev–Trinajstić information content (AvgIpc) is 2.36. The van der Waals surface area contributed by atoms with E-state index >= 15 is 0 Å². The van der Waals surface area contributed by atoms with E-state index in [9.17, 15) is 9.59 Å². The van der Waals surface area contributed by atoms with Gasteiger partial charge < -0.3 is 0 Å². The third kappa shape index (κ3) is 1.19. The summed E-state index contributed by atoms with van der Waals surface area (Å²) >= 11 is 0. The predicted octanol–water partition coefficient (Wildman–Crippen LogP) is 2.29. The van der Waals surface area contributed by atoms with Gasteiger partial charge in [0.05, 0.1) is 5.92 Å². The molecule has 0 N–H and O–H groups in total. The van der Waals surface area contributed by atoms with Crippen LogP contribution in [0.3, 0.4) is 0 Å². The van der Waals surface area contributed by atoms with Gasteiger partial charge in [-0.3, -0.25) is 9.59 Å². The highest BCUT2D eigenvalue weighted by Crippen LogP contribution is 2.39. The van der Waals surface area contributed by atoms with Gasteiger partial charge in [0, 0.05) is 5.57 Å². The third-order valence-electron chi connectivity index (χ3n) is 3.46. The minimum absolute atomic E-state index is 0.206. The SMILES string of the molecule is O=C1C(=O)C2CC=CC=C2C2=C1C=CCC2. The van der Waals surface area contributed by atoms with Crippen LogP contribution in [0, 0.1) is 5.92 Å². The molecule has 0 amide bonds. The molecular formula is C14H12O2. The van der Waals surface area contributed by atoms with Crippen LogP contribution in [0.15, 0.2) is 47.1 Å². The molecule has 3 aliphatic carbocycles. The minimum atomic E-state index is -0.289. The summed E-state index contributed by atoms with van der Waals surface area (Å²) in [5, 5.41) is 0. The molecule has 0 saturated carbocycles. The Morgan fingerprint density at radius 3 is 2.94 bits per heavy atom. The van der Waals surface area contributed by atoms with Gasteiger partial charge in [0.15, 0.2) is 0 Å². The van der Waals surface area contributed by atoms with Crippen molar-refractivity contribution in [3.63, 3.8) is 0 Å². The molecule has 2 nitrogen and oxygen atoms in total. The normalized spacial score (nSPS) is 27.8. The smallest absolute Gasteiger partial charge is 0.229 e. The number of carbonyl (C=O) groups excluding carboxylic acids is 2. The topological polar surface area (TPSA) is 34.1 Å². The predicted molar refractivity (Wildman–Crippen MR) is 60.7 cm³/mol. The van der Waals surface area contributed by atoms with Crippen molar-refractivity contribution in [1.29, 1.82) is 0 Å². The molecule has 0 radical (unpaired) electrons. The summed E-state index contributed by atoms with van der Waals surface area (Å²) in [6.45, 7) is 0. The first-order valence-corrected chi connectivity index (χ1v) is 5.64. The van der Waals surface area contributed by atoms with Crippen LogP contribution >= 0.6 is 0 Å². The van der Waals surface area contributed by atoms with Crippen molar-refractivity contribution >= 4 is 11.6 Å². The first-order valence-electron chi connectivity index (χ1n) is 5.64. The maximum Gasteiger partial charge on any atom is 0.229 e. The molecule has 3 aliphatic rings. The number of Topliss-reactive ketones (excluding diaryl/α,β-unsaturated/α-hetero) is 2. The fourth-order valence-electron chi connectivity index (χ4n) is 2.66. The van der Waals surface area contributed by atoms with Gasteiger partial charge in [0.2, 0.25) is 11.6 Å². The Kier molecular flexibility index (Phi) is 2.03. The first kappa shape index (κ1) is 9.52. The van der Waals surface area contributed by atoms with Crippen molar-refractivity contribution in [2.75, 3.05) is 0 Å². The largest absolute Gasteiger partial charge is 0.290 e. The molecule has 2 heteroatoms. The highest BCUT2D eigenvalue weighted by molar-refractivity contribution is 6.47. The molecule has 0 aliphatic heterocycles. The molecule has 0 saturated heterocycles. The number of fused-ring (bicyclic) bond motifs is 2. The standard InChI is InChI=1S/C14H12O2/c15-13-11-7-3-1-5-9(11)10-6-2-4-8-12(10)14(13)16/h1,3-5,8,11H,2,6-7H2. The number of hydrogen-bond acceptors (Lipinski definition) is 2. The lowest BCUT2D eigenvalue weighted by molar-refractivity contribution is -0.136. The van der Waals surface area contributed by atoms with Crippen molar-refractivity contribution in [3.05, 3.63) is 47.1 Å². The molecule has 0 aromatic carbocycles. The van der Waals surface area contributed by atoms with Gasteiger partial charge in [-0.25, -0.2) is 0 Å². The molecule has 80 valence electrons. The molecule has 0 spiro atoms. The summed E-state index contributed by atoms with van der Waals surface area (Å²) in [4.78, 5) is 23.8. The first-order chi connectivity index (χ1) is 7.79. The zero-order chi connectivity index (χ0) is 11.1. The van der Waals surface area contributed by atoms with Crippen LogP contribution in [-0.4, -0.2) is 11.6 Å². The van der Waals surface area contributed by atoms with Crippen molar-refractivity contribution in [2.24, 2.45) is 5.92 Å². The lowest BCUT2D eigenvalue weighted by Crippen LogP contribution is -2.33. The van der Waals surface area contributed by atoms with Gasteiger partial charge in [-0.15, -0.1) is 0 Å². The van der Waals surface area contributed by atoms with Crippen molar-refractivity contribution < 1.29 is 9.59 Å². The van der Waals surface area contributed by atoms with Crippen molar-refractivity contribution in [3.8, 4) is 0 Å². The second-order valence-electron chi connectivity index (χ2n) is 4.37. The molecule has 1 unspecified atom stereocenters. The van der Waals surface area contributed by atoms with E-state index in [1.54, 1.807) is 0 Å². The van der Waals surface area contributed by atoms with Crippen molar-refractivity contribution in [2.45, 2.75) is 19.3 Å². The summed E-state index contributed by atoms with van der Waals surface area (Å²) in [6, 6.07) is 0. The van der Waals surface area contributed by atoms with Gasteiger partial charge in [-0.2, -0.15) is 0 Å². The highest BCUT2D eigenvalue weighted by Gasteiger charge is 2.38. The average molecular weight is 212 g/mol. The Hall–Kier alpha value is -1.70. The van der Waals surface area contributed by atoms with Crippen LogP contribution < -0.4 is 0 Å². The second kappa shape index (κ2) is 3.41. The molecule has 0 fully saturated rings. The van der Waals surface area contributed by atoms with Crippen LogP contribution in [0.4, 0.5) is 0 Å². The van der Waals surface area contributed by atoms with E-state index < -0.39 is 0 Å². The van der Waals surface area contributed by atoms with Gasteiger partial charge >= 0.3 is 0 Å². The number of ketones is 2. The van der Waals surface area contributed by atoms with Gasteiger partial charge in [-0.1, -0.05) is 30.4 Å². The summed E-state index contributed by atoms with van der Waals surface area (Å²) in [6.07, 6.45) is 12.3. The maximum atomic E-state index is 11.9. The van der Waals surface area contributed by atoms with Crippen LogP contribution in [0.25, 0.3) is 0 Å². The fraction of sp³-hybridized carbons (Fsp3) is 0.286. The van der Waals surface area contributed by atoms with Gasteiger partial charge in [-0.05, 0) is 30.4 Å². The van der Waals surface area contributed by atoms with E-state index in [4.69, 9.17) is 0 Å². The summed E-state index contributed by atoms with van der Waals surface area (Å²) in [7, 11) is 0. The van der Waals surface area contributed by atoms with Gasteiger partial charge in [0.25, 0.3) is 0 Å². The zero-order valence-corrected chi connectivity index (χ0v) is 8.90. The monoisotopic (exact) mass is 212 g/mol. The number of hydrogen-bond donors (Lipinski definition) is 0. The molecule has 16 heavy (non-hydrogen) atoms. The van der Waals surface area contributed by atoms with E-state index in [1.165, 1.54) is 0 Å². The van der Waals surface area contributed by atoms with Crippen molar-refractivity contribution in [1.82, 2.24) is 0 Å². The summed E-state index contributed by atoms with van der Waals surface area (Å²) in [5.41, 5.74) is 2.81. The molecule has 1 atom stereocenters. The Labute approximate surface area is 94.0 Å². The minimum Gasteiger partial charge on any atom is -0.290 e. The molecule has 0 heterocycles. The lowest BCUT2D eigenvalue weighted by atomic mass is 9.72. The zero-order valence-electron chi connectivity index (χ0n) is 8.90. The maximum absolute atomic E-state index is 11.9. The van der Waals surface area contributed by atoms with Crippen LogP contribution in [0.2, 0.25) is 0 Å². The number of carbonyl (C=O) groups is 2. The molecular weight excluding hydrogens is 200 g/mol. The van der Waals surface area contributed by atoms with E-state index in [1.807, 2.05) is 30.4 Å². The van der Waals surface area contributed by atoms with E-state index in [2.05, 4.69) is 0 Å². The van der Waals surface area contributed by atoms with Crippen LogP contribution in [0.1, 0.15) is 19.3 Å².